The van der Waals surface area contributed by atoms with E-state index in [2.05, 4.69) is 15.5 Å². The van der Waals surface area contributed by atoms with Gasteiger partial charge in [-0.3, -0.25) is 14.2 Å². The van der Waals surface area contributed by atoms with Crippen molar-refractivity contribution >= 4 is 15.9 Å². The Labute approximate surface area is 165 Å². The van der Waals surface area contributed by atoms with Gasteiger partial charge in [0.1, 0.15) is 4.90 Å². The maximum atomic E-state index is 13.1. The number of hydrogen-bond acceptors (Lipinski definition) is 5. The summed E-state index contributed by atoms with van der Waals surface area (Å²) in [6.07, 6.45) is 4.64. The van der Waals surface area contributed by atoms with Crippen LogP contribution >= 0.6 is 0 Å². The summed E-state index contributed by atoms with van der Waals surface area (Å²) >= 11 is 0. The molecule has 1 aliphatic rings. The smallest absolute Gasteiger partial charge is 0.246 e. The lowest BCUT2D eigenvalue weighted by Gasteiger charge is -2.31. The number of nitrogens with zero attached hydrogens (tertiary/aromatic N) is 5. The summed E-state index contributed by atoms with van der Waals surface area (Å²) in [5.74, 6) is -0.480. The fourth-order valence-corrected chi connectivity index (χ4v) is 5.17. The largest absolute Gasteiger partial charge is 0.352 e. The van der Waals surface area contributed by atoms with E-state index in [1.807, 2.05) is 20.9 Å². The van der Waals surface area contributed by atoms with Crippen LogP contribution in [0.3, 0.4) is 0 Å². The highest BCUT2D eigenvalue weighted by atomic mass is 32.2. The highest BCUT2D eigenvalue weighted by molar-refractivity contribution is 7.89. The van der Waals surface area contributed by atoms with Crippen LogP contribution in [0.15, 0.2) is 17.3 Å². The molecule has 28 heavy (non-hydrogen) atoms. The number of piperidine rings is 1. The van der Waals surface area contributed by atoms with E-state index in [9.17, 15) is 13.2 Å². The van der Waals surface area contributed by atoms with Gasteiger partial charge in [0.15, 0.2) is 0 Å². The van der Waals surface area contributed by atoms with E-state index in [4.69, 9.17) is 0 Å². The molecule has 0 bridgehead atoms. The Morgan fingerprint density at radius 1 is 1.36 bits per heavy atom. The van der Waals surface area contributed by atoms with Gasteiger partial charge in [0, 0.05) is 50.7 Å². The Bertz CT molecular complexity index is 962. The maximum Gasteiger partial charge on any atom is 0.246 e. The van der Waals surface area contributed by atoms with Crippen molar-refractivity contribution in [3.05, 3.63) is 29.3 Å². The van der Waals surface area contributed by atoms with Crippen LogP contribution in [0.5, 0.6) is 0 Å². The van der Waals surface area contributed by atoms with Crippen LogP contribution in [0.4, 0.5) is 0 Å². The number of nitrogens with one attached hydrogen (secondary N) is 1. The SMILES string of the molecule is CCn1cc(S(=O)(=O)N2CCC[C@@H](C(=O)NCc3cnn(C)c3C)C2)c(C)n1. The molecule has 2 aromatic rings. The molecule has 2 aromatic heterocycles. The Morgan fingerprint density at radius 2 is 2.11 bits per heavy atom. The molecule has 1 N–H and O–H groups in total. The van der Waals surface area contributed by atoms with Gasteiger partial charge in [0.25, 0.3) is 0 Å². The molecule has 0 aromatic carbocycles. The highest BCUT2D eigenvalue weighted by Crippen LogP contribution is 2.25. The van der Waals surface area contributed by atoms with Gasteiger partial charge in [-0.1, -0.05) is 0 Å². The van der Waals surface area contributed by atoms with Crippen molar-refractivity contribution < 1.29 is 13.2 Å². The van der Waals surface area contributed by atoms with Crippen molar-refractivity contribution in [1.82, 2.24) is 29.2 Å². The van der Waals surface area contributed by atoms with Crippen LogP contribution in [0.2, 0.25) is 0 Å². The van der Waals surface area contributed by atoms with Gasteiger partial charge in [-0.05, 0) is 33.6 Å². The molecule has 3 heterocycles. The molecule has 1 atom stereocenters. The van der Waals surface area contributed by atoms with Gasteiger partial charge >= 0.3 is 0 Å². The molecular weight excluding hydrogens is 380 g/mol. The first-order valence-corrected chi connectivity index (χ1v) is 11.0. The molecule has 10 heteroatoms. The van der Waals surface area contributed by atoms with E-state index in [1.54, 1.807) is 28.7 Å². The van der Waals surface area contributed by atoms with Crippen LogP contribution in [-0.2, 0) is 35.0 Å². The fourth-order valence-electron chi connectivity index (χ4n) is 3.47. The van der Waals surface area contributed by atoms with Gasteiger partial charge < -0.3 is 5.32 Å². The molecule has 154 valence electrons. The molecule has 0 saturated carbocycles. The second-order valence-electron chi connectivity index (χ2n) is 7.23. The summed E-state index contributed by atoms with van der Waals surface area (Å²) in [7, 11) is -1.81. The Hall–Kier alpha value is -2.20. The minimum Gasteiger partial charge on any atom is -0.352 e. The Kier molecular flexibility index (Phi) is 5.90. The fraction of sp³-hybridized carbons (Fsp3) is 0.611. The van der Waals surface area contributed by atoms with Crippen LogP contribution in [0, 0.1) is 19.8 Å². The molecule has 0 unspecified atom stereocenters. The van der Waals surface area contributed by atoms with Crippen LogP contribution in [0.1, 0.15) is 36.7 Å². The highest BCUT2D eigenvalue weighted by Gasteiger charge is 2.35. The number of aryl methyl sites for hydroxylation is 3. The summed E-state index contributed by atoms with van der Waals surface area (Å²) in [5, 5.41) is 11.3. The number of sulfonamides is 1. The maximum absolute atomic E-state index is 13.1. The number of aromatic nitrogens is 4. The van der Waals surface area contributed by atoms with Crippen molar-refractivity contribution in [2.24, 2.45) is 13.0 Å². The summed E-state index contributed by atoms with van der Waals surface area (Å²) < 4.78 is 30.9. The van der Waals surface area contributed by atoms with Crippen LogP contribution in [0.25, 0.3) is 0 Å². The monoisotopic (exact) mass is 408 g/mol. The third-order valence-corrected chi connectivity index (χ3v) is 7.36. The molecule has 9 nitrogen and oxygen atoms in total. The zero-order chi connectivity index (χ0) is 20.5. The summed E-state index contributed by atoms with van der Waals surface area (Å²) in [6, 6.07) is 0. The summed E-state index contributed by atoms with van der Waals surface area (Å²) in [6.45, 7) is 7.17. The van der Waals surface area contributed by atoms with E-state index >= 15 is 0 Å². The average Bonchev–Trinajstić information content (AvgIpc) is 3.23. The van der Waals surface area contributed by atoms with Crippen molar-refractivity contribution in [1.29, 1.82) is 0 Å². The molecular formula is C18H28N6O3S. The number of rotatable bonds is 6. The first-order chi connectivity index (χ1) is 13.2. The number of carbonyl (C=O) groups is 1. The lowest BCUT2D eigenvalue weighted by atomic mass is 9.99. The summed E-state index contributed by atoms with van der Waals surface area (Å²) in [4.78, 5) is 12.9. The minimum absolute atomic E-state index is 0.121. The molecule has 1 amide bonds. The topological polar surface area (TPSA) is 102 Å². The van der Waals surface area contributed by atoms with Gasteiger partial charge in [-0.2, -0.15) is 14.5 Å². The van der Waals surface area contributed by atoms with Crippen molar-refractivity contribution in [2.45, 2.75) is 51.6 Å². The van der Waals surface area contributed by atoms with Crippen molar-refractivity contribution in [3.8, 4) is 0 Å². The Morgan fingerprint density at radius 3 is 2.71 bits per heavy atom. The minimum atomic E-state index is -3.66. The molecule has 0 radical (unpaired) electrons. The number of hydrogen-bond donors (Lipinski definition) is 1. The van der Waals surface area contributed by atoms with E-state index in [1.165, 1.54) is 4.31 Å². The second-order valence-corrected chi connectivity index (χ2v) is 9.14. The Balaban J connectivity index is 1.68. The predicted octanol–water partition coefficient (Wildman–Crippen LogP) is 0.970. The van der Waals surface area contributed by atoms with Gasteiger partial charge in [0.2, 0.25) is 15.9 Å². The van der Waals surface area contributed by atoms with Crippen molar-refractivity contribution in [2.75, 3.05) is 13.1 Å². The number of carbonyl (C=O) groups excluding carboxylic acids is 1. The normalized spacial score (nSPS) is 18.4. The van der Waals surface area contributed by atoms with Crippen LogP contribution < -0.4 is 5.32 Å². The van der Waals surface area contributed by atoms with Gasteiger partial charge in [-0.15, -0.1) is 0 Å². The second kappa shape index (κ2) is 8.04. The van der Waals surface area contributed by atoms with E-state index in [0.717, 1.165) is 11.3 Å². The first-order valence-electron chi connectivity index (χ1n) is 9.53. The third-order valence-electron chi connectivity index (χ3n) is 5.39. The van der Waals surface area contributed by atoms with E-state index in [-0.39, 0.29) is 23.3 Å². The quantitative estimate of drug-likeness (QED) is 0.767. The predicted molar refractivity (Wildman–Crippen MR) is 104 cm³/mol. The molecule has 1 aliphatic heterocycles. The molecule has 1 fully saturated rings. The molecule has 0 aliphatic carbocycles. The van der Waals surface area contributed by atoms with E-state index < -0.39 is 10.0 Å². The first kappa shape index (κ1) is 20.5. The zero-order valence-electron chi connectivity index (χ0n) is 16.8. The molecule has 1 saturated heterocycles. The van der Waals surface area contributed by atoms with E-state index in [0.29, 0.717) is 38.2 Å². The average molecular weight is 409 g/mol. The standard InChI is InChI=1S/C18H28N6O3S/c1-5-23-12-17(13(2)21-23)28(26,27)24-8-6-7-15(11-24)18(25)19-9-16-10-20-22(4)14(16)3/h10,12,15H,5-9,11H2,1-4H3,(H,19,25)/t15-/m1/s1. The lowest BCUT2D eigenvalue weighted by Crippen LogP contribution is -2.45. The molecule has 3 rings (SSSR count). The zero-order valence-corrected chi connectivity index (χ0v) is 17.7. The summed E-state index contributed by atoms with van der Waals surface area (Å²) in [5.41, 5.74) is 2.44. The molecule has 0 spiro atoms. The van der Waals surface area contributed by atoms with Gasteiger partial charge in [-0.25, -0.2) is 8.42 Å². The van der Waals surface area contributed by atoms with Crippen LogP contribution in [-0.4, -0.2) is 51.3 Å². The lowest BCUT2D eigenvalue weighted by molar-refractivity contribution is -0.126. The third kappa shape index (κ3) is 3.97. The number of amides is 1. The van der Waals surface area contributed by atoms with Gasteiger partial charge in [0.05, 0.1) is 17.8 Å². The van der Waals surface area contributed by atoms with Crippen molar-refractivity contribution in [3.63, 3.8) is 0 Å².